The molecule has 7 heteroatoms. The Balaban J connectivity index is 1.64. The lowest BCUT2D eigenvalue weighted by Crippen LogP contribution is -1.98. The van der Waals surface area contributed by atoms with Gasteiger partial charge in [-0.1, -0.05) is 36.7 Å². The molecule has 0 saturated heterocycles. The number of ketones is 1. The minimum atomic E-state index is -0.539. The zero-order valence-corrected chi connectivity index (χ0v) is 16.4. The fraction of sp³-hybridized carbons (Fsp3) is 0.136. The number of para-hydroxylation sites is 1. The molecule has 0 spiro atoms. The molecule has 0 aromatic heterocycles. The topological polar surface area (TPSA) is 78.7 Å². The van der Waals surface area contributed by atoms with Gasteiger partial charge in [0.25, 0.3) is 0 Å². The SMILES string of the molecule is CCC(=O)c1ccc(OCc2ccc(Oc3c(Cl)cccc3[N+](=O)[O-])cc2)cc1. The van der Waals surface area contributed by atoms with Gasteiger partial charge in [-0.2, -0.15) is 0 Å². The Labute approximate surface area is 172 Å². The van der Waals surface area contributed by atoms with Crippen LogP contribution in [0.1, 0.15) is 29.3 Å². The normalized spacial score (nSPS) is 10.4. The van der Waals surface area contributed by atoms with Crippen LogP contribution in [0, 0.1) is 10.1 Å². The van der Waals surface area contributed by atoms with Crippen LogP contribution in [0.25, 0.3) is 0 Å². The first-order valence-electron chi connectivity index (χ1n) is 8.93. The molecular weight excluding hydrogens is 394 g/mol. The molecule has 0 radical (unpaired) electrons. The van der Waals surface area contributed by atoms with Crippen LogP contribution in [0.4, 0.5) is 5.69 Å². The average Bonchev–Trinajstić information content (AvgIpc) is 2.74. The molecule has 0 saturated carbocycles. The van der Waals surface area contributed by atoms with Gasteiger partial charge in [-0.05, 0) is 48.0 Å². The Morgan fingerprint density at radius 1 is 1.00 bits per heavy atom. The van der Waals surface area contributed by atoms with E-state index in [9.17, 15) is 14.9 Å². The van der Waals surface area contributed by atoms with Crippen molar-refractivity contribution in [2.75, 3.05) is 0 Å². The lowest BCUT2D eigenvalue weighted by atomic mass is 10.1. The number of Topliss-reactive ketones (excluding diaryl/α,β-unsaturated/α-hetero) is 1. The molecule has 0 unspecified atom stereocenters. The zero-order chi connectivity index (χ0) is 20.8. The zero-order valence-electron chi connectivity index (χ0n) is 15.6. The maximum atomic E-state index is 11.6. The van der Waals surface area contributed by atoms with Crippen molar-refractivity contribution in [2.24, 2.45) is 0 Å². The summed E-state index contributed by atoms with van der Waals surface area (Å²) in [5.74, 6) is 1.17. The van der Waals surface area contributed by atoms with E-state index in [-0.39, 0.29) is 22.2 Å². The van der Waals surface area contributed by atoms with Gasteiger partial charge in [0.15, 0.2) is 5.78 Å². The number of benzene rings is 3. The standard InChI is InChI=1S/C22H18ClNO5/c1-2-21(25)16-8-12-17(13-9-16)28-14-15-6-10-18(11-7-15)29-22-19(23)4-3-5-20(22)24(26)27/h3-13H,2,14H2,1H3. The minimum absolute atomic E-state index is 0.00452. The number of halogens is 1. The number of nitro groups is 1. The predicted octanol–water partition coefficient (Wildman–Crippen LogP) is 6.21. The van der Waals surface area contributed by atoms with Crippen LogP contribution in [0.5, 0.6) is 17.2 Å². The highest BCUT2D eigenvalue weighted by Crippen LogP contribution is 2.37. The third kappa shape index (κ3) is 5.12. The Kier molecular flexibility index (Phi) is 6.46. The van der Waals surface area contributed by atoms with Crippen LogP contribution in [0.3, 0.4) is 0 Å². The first kappa shape index (κ1) is 20.4. The monoisotopic (exact) mass is 411 g/mol. The van der Waals surface area contributed by atoms with Crippen LogP contribution < -0.4 is 9.47 Å². The van der Waals surface area contributed by atoms with Crippen molar-refractivity contribution in [3.05, 3.63) is 93.0 Å². The van der Waals surface area contributed by atoms with Gasteiger partial charge in [0.2, 0.25) is 5.75 Å². The van der Waals surface area contributed by atoms with Gasteiger partial charge in [-0.3, -0.25) is 14.9 Å². The first-order valence-corrected chi connectivity index (χ1v) is 9.31. The van der Waals surface area contributed by atoms with Crippen LogP contribution in [0.15, 0.2) is 66.7 Å². The lowest BCUT2D eigenvalue weighted by Gasteiger charge is -2.10. The van der Waals surface area contributed by atoms with Gasteiger partial charge < -0.3 is 9.47 Å². The molecule has 6 nitrogen and oxygen atoms in total. The summed E-state index contributed by atoms with van der Waals surface area (Å²) in [6, 6.07) is 18.4. The molecule has 0 aliphatic heterocycles. The molecule has 0 atom stereocenters. The van der Waals surface area contributed by atoms with E-state index in [2.05, 4.69) is 0 Å². The second kappa shape index (κ2) is 9.21. The third-order valence-electron chi connectivity index (χ3n) is 4.19. The molecule has 3 aromatic carbocycles. The fourth-order valence-electron chi connectivity index (χ4n) is 2.62. The van der Waals surface area contributed by atoms with E-state index < -0.39 is 4.92 Å². The van der Waals surface area contributed by atoms with Crippen molar-refractivity contribution in [3.8, 4) is 17.2 Å². The Bertz CT molecular complexity index is 1020. The summed E-state index contributed by atoms with van der Waals surface area (Å²) in [5, 5.41) is 11.3. The molecule has 148 valence electrons. The van der Waals surface area contributed by atoms with Crippen LogP contribution in [-0.2, 0) is 6.61 Å². The van der Waals surface area contributed by atoms with E-state index in [0.717, 1.165) is 5.56 Å². The molecule has 0 aliphatic carbocycles. The molecule has 0 bridgehead atoms. The van der Waals surface area contributed by atoms with E-state index >= 15 is 0 Å². The van der Waals surface area contributed by atoms with Gasteiger partial charge >= 0.3 is 5.69 Å². The highest BCUT2D eigenvalue weighted by Gasteiger charge is 2.19. The summed E-state index contributed by atoms with van der Waals surface area (Å²) < 4.78 is 11.3. The number of hydrogen-bond donors (Lipinski definition) is 0. The minimum Gasteiger partial charge on any atom is -0.489 e. The van der Waals surface area contributed by atoms with Crippen molar-refractivity contribution in [1.29, 1.82) is 0 Å². The van der Waals surface area contributed by atoms with Gasteiger partial charge in [0.05, 0.1) is 9.95 Å². The average molecular weight is 412 g/mol. The molecule has 0 amide bonds. The van der Waals surface area contributed by atoms with Crippen LogP contribution in [-0.4, -0.2) is 10.7 Å². The summed E-state index contributed by atoms with van der Waals surface area (Å²) in [7, 11) is 0. The molecule has 0 heterocycles. The number of carbonyl (C=O) groups is 1. The predicted molar refractivity (Wildman–Crippen MR) is 110 cm³/mol. The summed E-state index contributed by atoms with van der Waals surface area (Å²) in [6.07, 6.45) is 0.464. The number of rotatable bonds is 8. The van der Waals surface area contributed by atoms with Crippen molar-refractivity contribution in [1.82, 2.24) is 0 Å². The number of nitro benzene ring substituents is 1. The summed E-state index contributed by atoms with van der Waals surface area (Å²) in [5.41, 5.74) is 1.35. The van der Waals surface area contributed by atoms with E-state index in [1.165, 1.54) is 18.2 Å². The van der Waals surface area contributed by atoms with Crippen LogP contribution in [0.2, 0.25) is 5.02 Å². The van der Waals surface area contributed by atoms with Gasteiger partial charge in [-0.15, -0.1) is 0 Å². The highest BCUT2D eigenvalue weighted by molar-refractivity contribution is 6.32. The third-order valence-corrected chi connectivity index (χ3v) is 4.49. The van der Waals surface area contributed by atoms with E-state index in [4.69, 9.17) is 21.1 Å². The smallest absolute Gasteiger partial charge is 0.313 e. The van der Waals surface area contributed by atoms with Gasteiger partial charge in [0, 0.05) is 18.1 Å². The van der Waals surface area contributed by atoms with Gasteiger partial charge in [-0.25, -0.2) is 0 Å². The van der Waals surface area contributed by atoms with Crippen molar-refractivity contribution in [2.45, 2.75) is 20.0 Å². The largest absolute Gasteiger partial charge is 0.489 e. The number of carbonyl (C=O) groups excluding carboxylic acids is 1. The Hall–Kier alpha value is -3.38. The molecule has 0 N–H and O–H groups in total. The maximum Gasteiger partial charge on any atom is 0.313 e. The number of hydrogen-bond acceptors (Lipinski definition) is 5. The Morgan fingerprint density at radius 2 is 1.66 bits per heavy atom. The molecule has 0 fully saturated rings. The molecule has 0 aliphatic rings. The lowest BCUT2D eigenvalue weighted by molar-refractivity contribution is -0.385. The number of ether oxygens (including phenoxy) is 2. The molecule has 3 rings (SSSR count). The van der Waals surface area contributed by atoms with Gasteiger partial charge in [0.1, 0.15) is 18.1 Å². The van der Waals surface area contributed by atoms with E-state index in [1.54, 1.807) is 48.5 Å². The summed E-state index contributed by atoms with van der Waals surface area (Å²) >= 11 is 6.04. The quantitative estimate of drug-likeness (QED) is 0.250. The van der Waals surface area contributed by atoms with E-state index in [0.29, 0.717) is 30.1 Å². The second-order valence-electron chi connectivity index (χ2n) is 6.18. The second-order valence-corrected chi connectivity index (χ2v) is 6.59. The highest BCUT2D eigenvalue weighted by atomic mass is 35.5. The van der Waals surface area contributed by atoms with Crippen molar-refractivity contribution < 1.29 is 19.2 Å². The fourth-order valence-corrected chi connectivity index (χ4v) is 2.83. The van der Waals surface area contributed by atoms with Crippen LogP contribution >= 0.6 is 11.6 Å². The van der Waals surface area contributed by atoms with E-state index in [1.807, 2.05) is 6.92 Å². The first-order chi connectivity index (χ1) is 14.0. The van der Waals surface area contributed by atoms with Crippen molar-refractivity contribution in [3.63, 3.8) is 0 Å². The maximum absolute atomic E-state index is 11.6. The summed E-state index contributed by atoms with van der Waals surface area (Å²) in [4.78, 5) is 22.3. The Morgan fingerprint density at radius 3 is 2.28 bits per heavy atom. The molecular formula is C22H18ClNO5. The number of nitrogens with zero attached hydrogens (tertiary/aromatic N) is 1. The molecule has 3 aromatic rings. The van der Waals surface area contributed by atoms with Crippen molar-refractivity contribution >= 4 is 23.1 Å². The molecule has 29 heavy (non-hydrogen) atoms. The summed E-state index contributed by atoms with van der Waals surface area (Å²) in [6.45, 7) is 2.15.